The summed E-state index contributed by atoms with van der Waals surface area (Å²) in [5.41, 5.74) is 1.06. The quantitative estimate of drug-likeness (QED) is 0.809. The third kappa shape index (κ3) is 3.30. The third-order valence-electron chi connectivity index (χ3n) is 2.25. The minimum Gasteiger partial charge on any atom is -0.339 e. The monoisotopic (exact) mass is 250 g/mol. The van der Waals surface area contributed by atoms with Gasteiger partial charge in [0, 0.05) is 17.0 Å². The third-order valence-corrected chi connectivity index (χ3v) is 2.50. The van der Waals surface area contributed by atoms with Gasteiger partial charge in [-0.3, -0.25) is 0 Å². The predicted octanol–water partition coefficient (Wildman–Crippen LogP) is 3.98. The van der Waals surface area contributed by atoms with Crippen molar-refractivity contribution in [1.29, 1.82) is 0 Å². The molecule has 0 amide bonds. The molecule has 17 heavy (non-hydrogen) atoms. The van der Waals surface area contributed by atoms with Crippen LogP contribution in [0.25, 0.3) is 11.4 Å². The topological polar surface area (TPSA) is 38.9 Å². The summed E-state index contributed by atoms with van der Waals surface area (Å²) >= 11 is 5.83. The Morgan fingerprint density at radius 2 is 1.82 bits per heavy atom. The van der Waals surface area contributed by atoms with Crippen molar-refractivity contribution in [2.24, 2.45) is 5.41 Å². The highest BCUT2D eigenvalue weighted by Gasteiger charge is 2.17. The largest absolute Gasteiger partial charge is 0.339 e. The van der Waals surface area contributed by atoms with Crippen molar-refractivity contribution in [2.75, 3.05) is 0 Å². The SMILES string of the molecule is CC(C)(C)Cc1nc(-c2ccc(Cl)cc2)no1. The number of hydrogen-bond acceptors (Lipinski definition) is 3. The molecule has 0 unspecified atom stereocenters. The maximum atomic E-state index is 5.83. The van der Waals surface area contributed by atoms with E-state index in [1.165, 1.54) is 0 Å². The minimum absolute atomic E-state index is 0.143. The lowest BCUT2D eigenvalue weighted by atomic mass is 9.92. The fraction of sp³-hybridized carbons (Fsp3) is 0.385. The standard InChI is InChI=1S/C13H15ClN2O/c1-13(2,3)8-11-15-12(16-17-11)9-4-6-10(14)7-5-9/h4-7H,8H2,1-3H3. The van der Waals surface area contributed by atoms with E-state index in [0.29, 0.717) is 16.7 Å². The van der Waals surface area contributed by atoms with Crippen LogP contribution in [-0.2, 0) is 6.42 Å². The van der Waals surface area contributed by atoms with E-state index in [0.717, 1.165) is 12.0 Å². The van der Waals surface area contributed by atoms with Gasteiger partial charge in [0.25, 0.3) is 0 Å². The van der Waals surface area contributed by atoms with Gasteiger partial charge in [-0.05, 0) is 29.7 Å². The molecule has 0 aliphatic rings. The number of hydrogen-bond donors (Lipinski definition) is 0. The summed E-state index contributed by atoms with van der Waals surface area (Å²) in [5, 5.41) is 4.67. The van der Waals surface area contributed by atoms with E-state index < -0.39 is 0 Å². The van der Waals surface area contributed by atoms with Gasteiger partial charge in [-0.2, -0.15) is 4.98 Å². The molecule has 3 nitrogen and oxygen atoms in total. The Morgan fingerprint density at radius 1 is 1.18 bits per heavy atom. The van der Waals surface area contributed by atoms with Gasteiger partial charge in [-0.15, -0.1) is 0 Å². The summed E-state index contributed by atoms with van der Waals surface area (Å²) in [6, 6.07) is 7.40. The average Bonchev–Trinajstić information content (AvgIpc) is 2.64. The molecule has 1 aromatic carbocycles. The van der Waals surface area contributed by atoms with Gasteiger partial charge in [0.1, 0.15) is 0 Å². The molecule has 0 radical (unpaired) electrons. The molecule has 1 heterocycles. The molecule has 0 atom stereocenters. The molecule has 90 valence electrons. The Labute approximate surface area is 106 Å². The van der Waals surface area contributed by atoms with E-state index in [1.807, 2.05) is 24.3 Å². The molecule has 0 aliphatic heterocycles. The molecule has 0 spiro atoms. The van der Waals surface area contributed by atoms with E-state index in [-0.39, 0.29) is 5.41 Å². The highest BCUT2D eigenvalue weighted by molar-refractivity contribution is 6.30. The second kappa shape index (κ2) is 4.49. The predicted molar refractivity (Wildman–Crippen MR) is 67.9 cm³/mol. The molecule has 2 aromatic rings. The van der Waals surface area contributed by atoms with Gasteiger partial charge in [0.05, 0.1) is 0 Å². The first-order valence-corrected chi connectivity index (χ1v) is 5.90. The first kappa shape index (κ1) is 12.1. The van der Waals surface area contributed by atoms with E-state index in [4.69, 9.17) is 16.1 Å². The van der Waals surface area contributed by atoms with Crippen molar-refractivity contribution in [1.82, 2.24) is 10.1 Å². The zero-order chi connectivity index (χ0) is 12.5. The maximum absolute atomic E-state index is 5.83. The van der Waals surface area contributed by atoms with Crippen LogP contribution in [0.4, 0.5) is 0 Å². The summed E-state index contributed by atoms with van der Waals surface area (Å²) in [6.07, 6.45) is 0.771. The van der Waals surface area contributed by atoms with Crippen LogP contribution in [0.2, 0.25) is 5.02 Å². The zero-order valence-electron chi connectivity index (χ0n) is 10.2. The summed E-state index contributed by atoms with van der Waals surface area (Å²) in [7, 11) is 0. The molecule has 0 bridgehead atoms. The zero-order valence-corrected chi connectivity index (χ0v) is 11.0. The molecule has 0 aliphatic carbocycles. The summed E-state index contributed by atoms with van der Waals surface area (Å²) < 4.78 is 5.23. The van der Waals surface area contributed by atoms with E-state index in [2.05, 4.69) is 30.9 Å². The van der Waals surface area contributed by atoms with Crippen LogP contribution in [-0.4, -0.2) is 10.1 Å². The fourth-order valence-electron chi connectivity index (χ4n) is 1.50. The molecule has 0 fully saturated rings. The first-order chi connectivity index (χ1) is 7.94. The minimum atomic E-state index is 0.143. The lowest BCUT2D eigenvalue weighted by Crippen LogP contribution is -2.09. The Kier molecular flexibility index (Phi) is 3.20. The van der Waals surface area contributed by atoms with Crippen molar-refractivity contribution >= 4 is 11.6 Å². The van der Waals surface area contributed by atoms with Crippen LogP contribution >= 0.6 is 11.6 Å². The Bertz CT molecular complexity index is 497. The van der Waals surface area contributed by atoms with E-state index in [9.17, 15) is 0 Å². The van der Waals surface area contributed by atoms with Crippen molar-refractivity contribution in [2.45, 2.75) is 27.2 Å². The first-order valence-electron chi connectivity index (χ1n) is 5.52. The fourth-order valence-corrected chi connectivity index (χ4v) is 1.62. The highest BCUT2D eigenvalue weighted by Crippen LogP contribution is 2.22. The molecular formula is C13H15ClN2O. The molecule has 1 aromatic heterocycles. The number of benzene rings is 1. The number of rotatable bonds is 2. The van der Waals surface area contributed by atoms with Gasteiger partial charge < -0.3 is 4.52 Å². The molecule has 0 saturated heterocycles. The summed E-state index contributed by atoms with van der Waals surface area (Å²) in [4.78, 5) is 4.37. The molecule has 4 heteroatoms. The maximum Gasteiger partial charge on any atom is 0.227 e. The van der Waals surface area contributed by atoms with Crippen molar-refractivity contribution in [3.8, 4) is 11.4 Å². The van der Waals surface area contributed by atoms with Gasteiger partial charge in [0.15, 0.2) is 0 Å². The van der Waals surface area contributed by atoms with Crippen LogP contribution in [0.15, 0.2) is 28.8 Å². The van der Waals surface area contributed by atoms with Crippen LogP contribution in [0.3, 0.4) is 0 Å². The molecule has 0 N–H and O–H groups in total. The number of nitrogens with zero attached hydrogens (tertiary/aromatic N) is 2. The van der Waals surface area contributed by atoms with Crippen molar-refractivity contribution < 1.29 is 4.52 Å². The average molecular weight is 251 g/mol. The van der Waals surface area contributed by atoms with Crippen molar-refractivity contribution in [3.63, 3.8) is 0 Å². The molecular weight excluding hydrogens is 236 g/mol. The number of aromatic nitrogens is 2. The normalized spacial score (nSPS) is 11.8. The Morgan fingerprint density at radius 3 is 2.41 bits per heavy atom. The van der Waals surface area contributed by atoms with Gasteiger partial charge >= 0.3 is 0 Å². The van der Waals surface area contributed by atoms with Crippen LogP contribution in [0, 0.1) is 5.41 Å². The van der Waals surface area contributed by atoms with Gasteiger partial charge in [-0.25, -0.2) is 0 Å². The Balaban J connectivity index is 2.21. The smallest absolute Gasteiger partial charge is 0.227 e. The lowest BCUT2D eigenvalue weighted by molar-refractivity contribution is 0.314. The lowest BCUT2D eigenvalue weighted by Gasteiger charge is -2.13. The highest BCUT2D eigenvalue weighted by atomic mass is 35.5. The van der Waals surface area contributed by atoms with E-state index in [1.54, 1.807) is 0 Å². The number of halogens is 1. The van der Waals surface area contributed by atoms with Gasteiger partial charge in [0.2, 0.25) is 11.7 Å². The van der Waals surface area contributed by atoms with Crippen LogP contribution in [0.1, 0.15) is 26.7 Å². The summed E-state index contributed by atoms with van der Waals surface area (Å²) in [5.74, 6) is 1.28. The molecule has 2 rings (SSSR count). The second-order valence-electron chi connectivity index (χ2n) is 5.26. The van der Waals surface area contributed by atoms with Crippen LogP contribution in [0.5, 0.6) is 0 Å². The molecule has 0 saturated carbocycles. The van der Waals surface area contributed by atoms with E-state index >= 15 is 0 Å². The Hall–Kier alpha value is -1.35. The van der Waals surface area contributed by atoms with Crippen LogP contribution < -0.4 is 0 Å². The van der Waals surface area contributed by atoms with Crippen molar-refractivity contribution in [3.05, 3.63) is 35.2 Å². The van der Waals surface area contributed by atoms with Gasteiger partial charge in [-0.1, -0.05) is 37.5 Å². The summed E-state index contributed by atoms with van der Waals surface area (Å²) in [6.45, 7) is 6.41. The second-order valence-corrected chi connectivity index (χ2v) is 5.69.